The first-order chi connectivity index (χ1) is 6.75. The van der Waals surface area contributed by atoms with Crippen molar-refractivity contribution in [2.75, 3.05) is 0 Å². The lowest BCUT2D eigenvalue weighted by molar-refractivity contribution is 0.618. The van der Waals surface area contributed by atoms with Crippen molar-refractivity contribution in [3.8, 4) is 0 Å². The van der Waals surface area contributed by atoms with Crippen molar-refractivity contribution >= 4 is 17.2 Å². The molecule has 1 aliphatic rings. The molecule has 1 saturated carbocycles. The van der Waals surface area contributed by atoms with Gasteiger partial charge in [-0.15, -0.1) is 0 Å². The number of fused-ring (bicyclic) bond motifs is 1. The summed E-state index contributed by atoms with van der Waals surface area (Å²) in [6.07, 6.45) is 3.70. The Morgan fingerprint density at radius 3 is 2.93 bits per heavy atom. The first-order valence-electron chi connectivity index (χ1n) is 4.59. The zero-order chi connectivity index (χ0) is 9.71. The molecule has 0 atom stereocenters. The third-order valence-electron chi connectivity index (χ3n) is 2.54. The molecule has 0 amide bonds. The summed E-state index contributed by atoms with van der Waals surface area (Å²) in [7, 11) is 0. The summed E-state index contributed by atoms with van der Waals surface area (Å²) in [5, 5.41) is 0.512. The number of rotatable bonds is 1. The van der Waals surface area contributed by atoms with E-state index in [4.69, 9.17) is 11.6 Å². The molecule has 0 bridgehead atoms. The molecule has 1 aliphatic carbocycles. The zero-order valence-electron chi connectivity index (χ0n) is 7.37. The highest BCUT2D eigenvalue weighted by molar-refractivity contribution is 6.30. The van der Waals surface area contributed by atoms with Gasteiger partial charge >= 0.3 is 0 Å². The molecule has 0 radical (unpaired) electrons. The Hall–Kier alpha value is -1.09. The van der Waals surface area contributed by atoms with E-state index in [9.17, 15) is 4.39 Å². The molecule has 3 rings (SSSR count). The van der Waals surface area contributed by atoms with Crippen molar-refractivity contribution in [2.45, 2.75) is 18.8 Å². The molecule has 1 fully saturated rings. The molecule has 14 heavy (non-hydrogen) atoms. The van der Waals surface area contributed by atoms with Gasteiger partial charge in [-0.2, -0.15) is 0 Å². The van der Waals surface area contributed by atoms with E-state index in [-0.39, 0.29) is 5.82 Å². The second-order valence-corrected chi connectivity index (χ2v) is 4.00. The number of hydrogen-bond donors (Lipinski definition) is 0. The summed E-state index contributed by atoms with van der Waals surface area (Å²) >= 11 is 6.00. The van der Waals surface area contributed by atoms with E-state index in [0.717, 1.165) is 24.2 Å². The molecule has 0 aromatic carbocycles. The van der Waals surface area contributed by atoms with E-state index in [2.05, 4.69) is 4.98 Å². The number of nitrogens with zero attached hydrogens (tertiary/aromatic N) is 2. The number of aromatic nitrogens is 2. The maximum atomic E-state index is 13.0. The largest absolute Gasteiger partial charge is 0.299 e. The van der Waals surface area contributed by atoms with Crippen molar-refractivity contribution in [3.63, 3.8) is 0 Å². The van der Waals surface area contributed by atoms with Gasteiger partial charge < -0.3 is 0 Å². The zero-order valence-corrected chi connectivity index (χ0v) is 8.13. The van der Waals surface area contributed by atoms with Gasteiger partial charge in [0.1, 0.15) is 11.5 Å². The van der Waals surface area contributed by atoms with Crippen molar-refractivity contribution < 1.29 is 4.39 Å². The van der Waals surface area contributed by atoms with E-state index < -0.39 is 0 Å². The molecule has 4 heteroatoms. The van der Waals surface area contributed by atoms with Crippen LogP contribution in [0.1, 0.15) is 24.5 Å². The molecule has 0 unspecified atom stereocenters. The fourth-order valence-electron chi connectivity index (χ4n) is 1.73. The molecular weight excluding hydrogens is 203 g/mol. The quantitative estimate of drug-likeness (QED) is 0.707. The average molecular weight is 211 g/mol. The number of hydrogen-bond acceptors (Lipinski definition) is 1. The Kier molecular flexibility index (Phi) is 1.59. The lowest BCUT2D eigenvalue weighted by atomic mass is 10.3. The minimum Gasteiger partial charge on any atom is -0.299 e. The molecule has 2 aromatic heterocycles. The van der Waals surface area contributed by atoms with Gasteiger partial charge in [-0.1, -0.05) is 11.6 Å². The molecule has 2 aromatic rings. The SMILES string of the molecule is Fc1ccc2nc(Cl)c(C3CC3)n2c1. The molecule has 0 aliphatic heterocycles. The van der Waals surface area contributed by atoms with E-state index in [1.165, 1.54) is 12.3 Å². The monoisotopic (exact) mass is 210 g/mol. The molecule has 2 nitrogen and oxygen atoms in total. The predicted molar refractivity (Wildman–Crippen MR) is 52.1 cm³/mol. The van der Waals surface area contributed by atoms with Crippen LogP contribution in [0.2, 0.25) is 5.15 Å². The van der Waals surface area contributed by atoms with Crippen LogP contribution < -0.4 is 0 Å². The van der Waals surface area contributed by atoms with Crippen LogP contribution in [0.5, 0.6) is 0 Å². The Balaban J connectivity index is 2.34. The Bertz CT molecular complexity index is 502. The maximum Gasteiger partial charge on any atom is 0.151 e. The fourth-order valence-corrected chi connectivity index (χ4v) is 2.06. The number of imidazole rings is 1. The maximum absolute atomic E-state index is 13.0. The first-order valence-corrected chi connectivity index (χ1v) is 4.96. The van der Waals surface area contributed by atoms with Gasteiger partial charge in [0, 0.05) is 12.1 Å². The van der Waals surface area contributed by atoms with Crippen LogP contribution in [-0.2, 0) is 0 Å². The average Bonchev–Trinajstić information content (AvgIpc) is 2.90. The Morgan fingerprint density at radius 1 is 1.43 bits per heavy atom. The van der Waals surface area contributed by atoms with E-state index in [0.29, 0.717) is 11.1 Å². The van der Waals surface area contributed by atoms with Crippen molar-refractivity contribution in [2.24, 2.45) is 0 Å². The minimum absolute atomic E-state index is 0.256. The minimum atomic E-state index is -0.256. The van der Waals surface area contributed by atoms with E-state index in [1.807, 2.05) is 0 Å². The Morgan fingerprint density at radius 2 is 2.21 bits per heavy atom. The van der Waals surface area contributed by atoms with E-state index in [1.54, 1.807) is 10.5 Å². The number of pyridine rings is 1. The van der Waals surface area contributed by atoms with Gasteiger partial charge in [0.25, 0.3) is 0 Å². The molecule has 2 heterocycles. The van der Waals surface area contributed by atoms with Crippen LogP contribution in [0.15, 0.2) is 18.3 Å². The highest BCUT2D eigenvalue weighted by atomic mass is 35.5. The summed E-state index contributed by atoms with van der Waals surface area (Å²) in [4.78, 5) is 4.18. The number of halogens is 2. The van der Waals surface area contributed by atoms with Crippen LogP contribution in [0.3, 0.4) is 0 Å². The van der Waals surface area contributed by atoms with Crippen LogP contribution in [0.4, 0.5) is 4.39 Å². The smallest absolute Gasteiger partial charge is 0.151 e. The summed E-state index contributed by atoms with van der Waals surface area (Å²) in [5.74, 6) is 0.216. The third kappa shape index (κ3) is 1.12. The molecular formula is C10H8ClFN2. The summed E-state index contributed by atoms with van der Waals surface area (Å²) < 4.78 is 14.8. The van der Waals surface area contributed by atoms with Crippen LogP contribution in [0.25, 0.3) is 5.65 Å². The predicted octanol–water partition coefficient (Wildman–Crippen LogP) is 3.00. The van der Waals surface area contributed by atoms with Gasteiger partial charge in [-0.25, -0.2) is 9.37 Å². The second-order valence-electron chi connectivity index (χ2n) is 3.64. The van der Waals surface area contributed by atoms with Crippen molar-refractivity contribution in [3.05, 3.63) is 35.0 Å². The van der Waals surface area contributed by atoms with Crippen molar-refractivity contribution in [1.82, 2.24) is 9.38 Å². The van der Waals surface area contributed by atoms with Gasteiger partial charge in [0.05, 0.1) is 5.69 Å². The Labute approximate surface area is 85.3 Å². The molecule has 72 valence electrons. The van der Waals surface area contributed by atoms with Gasteiger partial charge in [-0.05, 0) is 25.0 Å². The summed E-state index contributed by atoms with van der Waals surface area (Å²) in [6, 6.07) is 3.04. The van der Waals surface area contributed by atoms with E-state index >= 15 is 0 Å². The molecule has 0 N–H and O–H groups in total. The topological polar surface area (TPSA) is 17.3 Å². The standard InChI is InChI=1S/C10H8ClFN2/c11-10-9(6-1-2-6)14-5-7(12)3-4-8(14)13-10/h3-6H,1-2H2. The van der Waals surface area contributed by atoms with Crippen LogP contribution in [0, 0.1) is 5.82 Å². The summed E-state index contributed by atoms with van der Waals surface area (Å²) in [6.45, 7) is 0. The fraction of sp³-hybridized carbons (Fsp3) is 0.300. The van der Waals surface area contributed by atoms with Crippen molar-refractivity contribution in [1.29, 1.82) is 0 Å². The highest BCUT2D eigenvalue weighted by Crippen LogP contribution is 2.43. The first kappa shape index (κ1) is 8.24. The summed E-state index contributed by atoms with van der Waals surface area (Å²) in [5.41, 5.74) is 1.68. The van der Waals surface area contributed by atoms with Crippen LogP contribution >= 0.6 is 11.6 Å². The van der Waals surface area contributed by atoms with Gasteiger partial charge in [0.15, 0.2) is 5.15 Å². The van der Waals surface area contributed by atoms with Crippen LogP contribution in [-0.4, -0.2) is 9.38 Å². The third-order valence-corrected chi connectivity index (χ3v) is 2.82. The van der Waals surface area contributed by atoms with Gasteiger partial charge in [0.2, 0.25) is 0 Å². The molecule has 0 spiro atoms. The lowest BCUT2D eigenvalue weighted by Crippen LogP contribution is -1.91. The molecule has 0 saturated heterocycles. The second kappa shape index (κ2) is 2.70. The van der Waals surface area contributed by atoms with Gasteiger partial charge in [-0.3, -0.25) is 4.40 Å². The highest BCUT2D eigenvalue weighted by Gasteiger charge is 2.29. The lowest BCUT2D eigenvalue weighted by Gasteiger charge is -1.99. The normalized spacial score (nSPS) is 16.4.